The van der Waals surface area contributed by atoms with E-state index in [0.717, 1.165) is 18.4 Å². The minimum Gasteiger partial charge on any atom is -0.399 e. The van der Waals surface area contributed by atoms with E-state index in [4.69, 9.17) is 17.3 Å². The molecule has 0 amide bonds. The minimum absolute atomic E-state index is 0.154. The van der Waals surface area contributed by atoms with E-state index in [0.29, 0.717) is 16.5 Å². The van der Waals surface area contributed by atoms with Crippen molar-refractivity contribution in [3.05, 3.63) is 23.2 Å². The molecule has 0 spiro atoms. The fourth-order valence-corrected chi connectivity index (χ4v) is 2.47. The fraction of sp³-hybridized carbons (Fsp3) is 0.462. The van der Waals surface area contributed by atoms with Crippen molar-refractivity contribution < 1.29 is 0 Å². The Labute approximate surface area is 117 Å². The third-order valence-electron chi connectivity index (χ3n) is 3.14. The van der Waals surface area contributed by atoms with Crippen LogP contribution in [0, 0.1) is 0 Å². The topological polar surface area (TPSA) is 69.6 Å². The molecule has 0 radical (unpaired) electrons. The first kappa shape index (κ1) is 13.8. The van der Waals surface area contributed by atoms with Crippen LogP contribution < -0.4 is 5.73 Å². The van der Waals surface area contributed by atoms with E-state index in [-0.39, 0.29) is 5.54 Å². The normalized spacial score (nSPS) is 11.8. The van der Waals surface area contributed by atoms with E-state index in [1.54, 1.807) is 12.1 Å². The van der Waals surface area contributed by atoms with Crippen molar-refractivity contribution in [3.63, 3.8) is 0 Å². The Morgan fingerprint density at radius 3 is 2.74 bits per heavy atom. The van der Waals surface area contributed by atoms with Crippen molar-refractivity contribution >= 4 is 17.3 Å². The Balaban J connectivity index is 2.50. The molecule has 1 heterocycles. The lowest BCUT2D eigenvalue weighted by Gasteiger charge is -2.25. The summed E-state index contributed by atoms with van der Waals surface area (Å²) in [7, 11) is 0. The molecule has 0 aliphatic rings. The monoisotopic (exact) mass is 279 g/mol. The third-order valence-corrected chi connectivity index (χ3v) is 3.45. The predicted octanol–water partition coefficient (Wildman–Crippen LogP) is 3.11. The zero-order valence-corrected chi connectivity index (χ0v) is 12.1. The Kier molecular flexibility index (Phi) is 3.75. The third kappa shape index (κ3) is 2.71. The molecule has 1 aromatic carbocycles. The number of nitrogen functional groups attached to an aromatic ring is 1. The van der Waals surface area contributed by atoms with Crippen LogP contribution in [-0.4, -0.2) is 20.2 Å². The molecule has 0 atom stereocenters. The average molecular weight is 280 g/mol. The molecule has 0 aliphatic carbocycles. The minimum atomic E-state index is -0.154. The Morgan fingerprint density at radius 1 is 1.37 bits per heavy atom. The average Bonchev–Trinajstić information content (AvgIpc) is 2.78. The van der Waals surface area contributed by atoms with Gasteiger partial charge in [-0.1, -0.05) is 24.9 Å². The van der Waals surface area contributed by atoms with Crippen LogP contribution in [0.25, 0.3) is 11.4 Å². The number of nitrogens with two attached hydrogens (primary N) is 1. The maximum absolute atomic E-state index is 6.23. The summed E-state index contributed by atoms with van der Waals surface area (Å²) in [6.45, 7) is 6.37. The van der Waals surface area contributed by atoms with E-state index < -0.39 is 0 Å². The molecule has 6 heteroatoms. The molecule has 2 N–H and O–H groups in total. The molecule has 2 aromatic rings. The summed E-state index contributed by atoms with van der Waals surface area (Å²) in [5, 5.41) is 12.6. The second-order valence-electron chi connectivity index (χ2n) is 5.22. The van der Waals surface area contributed by atoms with Gasteiger partial charge in [-0.15, -0.1) is 5.10 Å². The van der Waals surface area contributed by atoms with E-state index in [1.165, 1.54) is 0 Å². The molecular weight excluding hydrogens is 262 g/mol. The number of halogens is 1. The highest BCUT2D eigenvalue weighted by Gasteiger charge is 2.25. The van der Waals surface area contributed by atoms with Gasteiger partial charge in [-0.3, -0.25) is 0 Å². The lowest BCUT2D eigenvalue weighted by atomic mass is 9.98. The van der Waals surface area contributed by atoms with Gasteiger partial charge in [0.1, 0.15) is 0 Å². The van der Waals surface area contributed by atoms with E-state index in [1.807, 2.05) is 10.7 Å². The number of anilines is 1. The van der Waals surface area contributed by atoms with Crippen molar-refractivity contribution in [2.45, 2.75) is 39.2 Å². The molecule has 2 rings (SSSR count). The number of tetrazole rings is 1. The number of hydrogen-bond donors (Lipinski definition) is 1. The van der Waals surface area contributed by atoms with Gasteiger partial charge in [0.2, 0.25) is 0 Å². The van der Waals surface area contributed by atoms with Gasteiger partial charge in [-0.2, -0.15) is 0 Å². The first-order valence-electron chi connectivity index (χ1n) is 6.30. The van der Waals surface area contributed by atoms with Crippen LogP contribution in [-0.2, 0) is 5.54 Å². The van der Waals surface area contributed by atoms with Gasteiger partial charge in [-0.25, -0.2) is 4.68 Å². The zero-order chi connectivity index (χ0) is 14.0. The molecule has 0 saturated carbocycles. The summed E-state index contributed by atoms with van der Waals surface area (Å²) in [5.41, 5.74) is 6.98. The van der Waals surface area contributed by atoms with E-state index >= 15 is 0 Å². The summed E-state index contributed by atoms with van der Waals surface area (Å²) in [6, 6.07) is 5.36. The summed E-state index contributed by atoms with van der Waals surface area (Å²) in [6.07, 6.45) is 2.04. The van der Waals surface area contributed by atoms with Crippen LogP contribution in [0.3, 0.4) is 0 Å². The van der Waals surface area contributed by atoms with Crippen molar-refractivity contribution in [2.24, 2.45) is 0 Å². The van der Waals surface area contributed by atoms with Gasteiger partial charge in [0.15, 0.2) is 5.82 Å². The molecule has 0 fully saturated rings. The van der Waals surface area contributed by atoms with Gasteiger partial charge < -0.3 is 5.73 Å². The SMILES string of the molecule is CCCC(C)(C)n1nnnc1-c1ccc(N)cc1Cl. The van der Waals surface area contributed by atoms with Crippen molar-refractivity contribution in [3.8, 4) is 11.4 Å². The summed E-state index contributed by atoms with van der Waals surface area (Å²) < 4.78 is 1.83. The Morgan fingerprint density at radius 2 is 2.11 bits per heavy atom. The molecular formula is C13H18ClN5. The lowest BCUT2D eigenvalue weighted by molar-refractivity contribution is 0.290. The highest BCUT2D eigenvalue weighted by atomic mass is 35.5. The molecule has 19 heavy (non-hydrogen) atoms. The van der Waals surface area contributed by atoms with Crippen LogP contribution in [0.2, 0.25) is 5.02 Å². The van der Waals surface area contributed by atoms with Crippen LogP contribution in [0.4, 0.5) is 5.69 Å². The molecule has 0 bridgehead atoms. The standard InChI is InChI=1S/C13H18ClN5/c1-4-7-13(2,3)19-12(16-17-18-19)10-6-5-9(15)8-11(10)14/h5-6,8H,4,7,15H2,1-3H3. The first-order valence-corrected chi connectivity index (χ1v) is 6.68. The second-order valence-corrected chi connectivity index (χ2v) is 5.62. The maximum Gasteiger partial charge on any atom is 0.184 e. The fourth-order valence-electron chi connectivity index (χ4n) is 2.19. The van der Waals surface area contributed by atoms with E-state index in [9.17, 15) is 0 Å². The molecule has 5 nitrogen and oxygen atoms in total. The van der Waals surface area contributed by atoms with Gasteiger partial charge >= 0.3 is 0 Å². The number of aromatic nitrogens is 4. The molecule has 0 unspecified atom stereocenters. The molecule has 102 valence electrons. The van der Waals surface area contributed by atoms with Crippen LogP contribution in [0.1, 0.15) is 33.6 Å². The molecule has 0 aliphatic heterocycles. The van der Waals surface area contributed by atoms with Crippen LogP contribution in [0.5, 0.6) is 0 Å². The zero-order valence-electron chi connectivity index (χ0n) is 11.4. The maximum atomic E-state index is 6.23. The largest absolute Gasteiger partial charge is 0.399 e. The molecule has 1 aromatic heterocycles. The van der Waals surface area contributed by atoms with E-state index in [2.05, 4.69) is 36.3 Å². The second kappa shape index (κ2) is 5.17. The Hall–Kier alpha value is -1.62. The number of nitrogens with zero attached hydrogens (tertiary/aromatic N) is 4. The number of rotatable bonds is 4. The quantitative estimate of drug-likeness (QED) is 0.873. The highest BCUT2D eigenvalue weighted by molar-refractivity contribution is 6.33. The summed E-state index contributed by atoms with van der Waals surface area (Å²) >= 11 is 6.23. The lowest BCUT2D eigenvalue weighted by Crippen LogP contribution is -2.28. The van der Waals surface area contributed by atoms with Crippen LogP contribution >= 0.6 is 11.6 Å². The Bertz CT molecular complexity index is 576. The van der Waals surface area contributed by atoms with Gasteiger partial charge in [0.05, 0.1) is 10.6 Å². The first-order chi connectivity index (χ1) is 8.95. The smallest absolute Gasteiger partial charge is 0.184 e. The van der Waals surface area contributed by atoms with Crippen LogP contribution in [0.15, 0.2) is 18.2 Å². The van der Waals surface area contributed by atoms with Crippen molar-refractivity contribution in [1.82, 2.24) is 20.2 Å². The summed E-state index contributed by atoms with van der Waals surface area (Å²) in [5.74, 6) is 0.670. The predicted molar refractivity (Wildman–Crippen MR) is 76.9 cm³/mol. The van der Waals surface area contributed by atoms with Gasteiger partial charge in [0, 0.05) is 11.3 Å². The number of hydrogen-bond acceptors (Lipinski definition) is 4. The highest BCUT2D eigenvalue weighted by Crippen LogP contribution is 2.31. The summed E-state index contributed by atoms with van der Waals surface area (Å²) in [4.78, 5) is 0. The van der Waals surface area contributed by atoms with Crippen molar-refractivity contribution in [2.75, 3.05) is 5.73 Å². The van der Waals surface area contributed by atoms with Gasteiger partial charge in [-0.05, 0) is 48.9 Å². The van der Waals surface area contributed by atoms with Crippen molar-refractivity contribution in [1.29, 1.82) is 0 Å². The van der Waals surface area contributed by atoms with Gasteiger partial charge in [0.25, 0.3) is 0 Å². The number of benzene rings is 1. The molecule has 0 saturated heterocycles.